The van der Waals surface area contributed by atoms with Gasteiger partial charge < -0.3 is 14.8 Å². The molecule has 3 aromatic heterocycles. The predicted molar refractivity (Wildman–Crippen MR) is 120 cm³/mol. The van der Waals surface area contributed by atoms with Crippen LogP contribution in [0.1, 0.15) is 41.8 Å². The van der Waals surface area contributed by atoms with E-state index < -0.39 is 18.0 Å². The van der Waals surface area contributed by atoms with Crippen LogP contribution in [0.4, 0.5) is 4.39 Å². The van der Waals surface area contributed by atoms with E-state index in [-0.39, 0.29) is 23.4 Å². The maximum Gasteiger partial charge on any atom is 0.270 e. The molecule has 4 aromatic rings. The molecule has 9 heteroatoms. The number of rotatable bonds is 8. The van der Waals surface area contributed by atoms with Crippen LogP contribution in [-0.2, 0) is 16.0 Å². The third-order valence-corrected chi connectivity index (χ3v) is 5.00. The Morgan fingerprint density at radius 3 is 2.70 bits per heavy atom. The number of amides is 1. The minimum atomic E-state index is -0.814. The topological polar surface area (TPSA) is 94.8 Å². The Bertz CT molecular complexity index is 1370. The Morgan fingerprint density at radius 2 is 1.94 bits per heavy atom. The molecule has 1 amide bonds. The molecule has 0 radical (unpaired) electrons. The van der Waals surface area contributed by atoms with Gasteiger partial charge in [0.1, 0.15) is 17.2 Å². The Labute approximate surface area is 189 Å². The van der Waals surface area contributed by atoms with E-state index >= 15 is 0 Å². The molecule has 0 aliphatic rings. The minimum absolute atomic E-state index is 0.0283. The number of carbonyl (C=O) groups excluding carboxylic acids is 1. The van der Waals surface area contributed by atoms with Crippen molar-refractivity contribution < 1.29 is 18.7 Å². The highest BCUT2D eigenvalue weighted by Crippen LogP contribution is 2.26. The number of hydrogen-bond donors (Lipinski definition) is 1. The molecule has 0 bridgehead atoms. The van der Waals surface area contributed by atoms with Crippen LogP contribution in [0.5, 0.6) is 0 Å². The van der Waals surface area contributed by atoms with Crippen LogP contribution >= 0.6 is 0 Å². The number of hydrogen-bond acceptors (Lipinski definition) is 6. The first-order chi connectivity index (χ1) is 16.0. The Morgan fingerprint density at radius 1 is 1.15 bits per heavy atom. The number of halogens is 1. The molecule has 33 heavy (non-hydrogen) atoms. The number of nitrogens with one attached hydrogen (secondary N) is 1. The Balaban J connectivity index is 1.55. The summed E-state index contributed by atoms with van der Waals surface area (Å²) in [6, 6.07) is 11.1. The molecule has 0 saturated heterocycles. The molecule has 4 rings (SSSR count). The standard InChI is InChI=1S/C24H23FN4O4/c1-3-32-24(33-4-2)17-10-16-9-15(13-26-19(16)11-18(17)25)14-27-23(31)20-12-22(30)29-8-6-5-7-21(29)28-20/h5-13,24H,3-4,14H2,1-2H3,(H,27,31). The Kier molecular flexibility index (Phi) is 6.71. The van der Waals surface area contributed by atoms with Crippen LogP contribution in [0.15, 0.2) is 59.7 Å². The van der Waals surface area contributed by atoms with Gasteiger partial charge in [0.15, 0.2) is 6.29 Å². The van der Waals surface area contributed by atoms with Crippen molar-refractivity contribution in [1.29, 1.82) is 0 Å². The molecule has 0 aliphatic heterocycles. The molecule has 0 spiro atoms. The van der Waals surface area contributed by atoms with E-state index in [1.165, 1.54) is 16.5 Å². The van der Waals surface area contributed by atoms with Crippen LogP contribution in [0.25, 0.3) is 16.6 Å². The summed E-state index contributed by atoms with van der Waals surface area (Å²) in [5.74, 6) is -0.942. The SMILES string of the molecule is CCOC(OCC)c1cc2cc(CNC(=O)c3cc(=O)n4ccccc4n3)cnc2cc1F. The third-order valence-electron chi connectivity index (χ3n) is 5.00. The molecule has 0 fully saturated rings. The summed E-state index contributed by atoms with van der Waals surface area (Å²) in [5.41, 5.74) is 1.54. The first-order valence-corrected chi connectivity index (χ1v) is 10.6. The summed E-state index contributed by atoms with van der Waals surface area (Å²) >= 11 is 0. The van der Waals surface area contributed by atoms with Gasteiger partial charge in [0.2, 0.25) is 0 Å². The zero-order valence-corrected chi connectivity index (χ0v) is 18.2. The second-order valence-electron chi connectivity index (χ2n) is 7.24. The van der Waals surface area contributed by atoms with E-state index in [2.05, 4.69) is 15.3 Å². The molecule has 0 aliphatic carbocycles. The largest absolute Gasteiger partial charge is 0.349 e. The van der Waals surface area contributed by atoms with Crippen LogP contribution in [0, 0.1) is 5.82 Å². The molecule has 0 atom stereocenters. The fourth-order valence-corrected chi connectivity index (χ4v) is 3.46. The van der Waals surface area contributed by atoms with Crippen molar-refractivity contribution in [2.24, 2.45) is 0 Å². The van der Waals surface area contributed by atoms with E-state index in [1.54, 1.807) is 36.7 Å². The first kappa shape index (κ1) is 22.5. The Hall–Kier alpha value is -3.69. The smallest absolute Gasteiger partial charge is 0.270 e. The number of ether oxygens (including phenoxy) is 2. The molecular weight excluding hydrogens is 427 g/mol. The molecular formula is C24H23FN4O4. The zero-order valence-electron chi connectivity index (χ0n) is 18.2. The van der Waals surface area contributed by atoms with Gasteiger partial charge in [-0.3, -0.25) is 19.0 Å². The molecule has 0 saturated carbocycles. The number of carbonyl (C=O) groups is 1. The molecule has 170 valence electrons. The van der Waals surface area contributed by atoms with Gasteiger partial charge in [0.05, 0.1) is 5.52 Å². The van der Waals surface area contributed by atoms with Crippen molar-refractivity contribution >= 4 is 22.5 Å². The van der Waals surface area contributed by atoms with E-state index in [4.69, 9.17) is 9.47 Å². The summed E-state index contributed by atoms with van der Waals surface area (Å²) in [6.45, 7) is 4.53. The lowest BCUT2D eigenvalue weighted by atomic mass is 10.1. The number of benzene rings is 1. The molecule has 1 aromatic carbocycles. The second kappa shape index (κ2) is 9.85. The number of fused-ring (bicyclic) bond motifs is 2. The lowest BCUT2D eigenvalue weighted by molar-refractivity contribution is -0.141. The van der Waals surface area contributed by atoms with Gasteiger partial charge in [0.25, 0.3) is 11.5 Å². The van der Waals surface area contributed by atoms with Gasteiger partial charge in [-0.05, 0) is 43.7 Å². The fourth-order valence-electron chi connectivity index (χ4n) is 3.46. The first-order valence-electron chi connectivity index (χ1n) is 10.6. The fraction of sp³-hybridized carbons (Fsp3) is 0.250. The summed E-state index contributed by atoms with van der Waals surface area (Å²) in [4.78, 5) is 33.3. The third kappa shape index (κ3) is 4.89. The zero-order chi connectivity index (χ0) is 23.4. The molecule has 8 nitrogen and oxygen atoms in total. The van der Waals surface area contributed by atoms with Crippen molar-refractivity contribution in [2.75, 3.05) is 13.2 Å². The quantitative estimate of drug-likeness (QED) is 0.414. The normalized spacial score (nSPS) is 11.4. The molecule has 1 N–H and O–H groups in total. The van der Waals surface area contributed by atoms with Gasteiger partial charge in [-0.1, -0.05) is 6.07 Å². The van der Waals surface area contributed by atoms with E-state index in [0.29, 0.717) is 35.3 Å². The average molecular weight is 450 g/mol. The summed E-state index contributed by atoms with van der Waals surface area (Å²) in [5, 5.41) is 3.43. The van der Waals surface area contributed by atoms with E-state index in [1.807, 2.05) is 19.9 Å². The maximum absolute atomic E-state index is 14.6. The highest BCUT2D eigenvalue weighted by Gasteiger charge is 2.18. The minimum Gasteiger partial charge on any atom is -0.349 e. The van der Waals surface area contributed by atoms with Gasteiger partial charge in [-0.2, -0.15) is 0 Å². The lowest BCUT2D eigenvalue weighted by Gasteiger charge is -2.18. The van der Waals surface area contributed by atoms with Gasteiger partial charge in [-0.25, -0.2) is 9.37 Å². The van der Waals surface area contributed by atoms with Crippen molar-refractivity contribution in [3.63, 3.8) is 0 Å². The highest BCUT2D eigenvalue weighted by molar-refractivity contribution is 5.92. The van der Waals surface area contributed by atoms with Crippen molar-refractivity contribution in [2.45, 2.75) is 26.7 Å². The number of pyridine rings is 2. The van der Waals surface area contributed by atoms with Crippen molar-refractivity contribution in [3.8, 4) is 0 Å². The van der Waals surface area contributed by atoms with Crippen molar-refractivity contribution in [3.05, 3.63) is 87.9 Å². The number of aromatic nitrogens is 3. The summed E-state index contributed by atoms with van der Waals surface area (Å²) < 4.78 is 27.0. The van der Waals surface area contributed by atoms with Gasteiger partial charge in [-0.15, -0.1) is 0 Å². The van der Waals surface area contributed by atoms with Gasteiger partial charge in [0, 0.05) is 55.2 Å². The lowest BCUT2D eigenvalue weighted by Crippen LogP contribution is -2.27. The summed E-state index contributed by atoms with van der Waals surface area (Å²) in [6.07, 6.45) is 2.34. The van der Waals surface area contributed by atoms with Gasteiger partial charge >= 0.3 is 0 Å². The highest BCUT2D eigenvalue weighted by atomic mass is 19.1. The average Bonchev–Trinajstić information content (AvgIpc) is 2.82. The van der Waals surface area contributed by atoms with Crippen LogP contribution in [-0.4, -0.2) is 33.5 Å². The van der Waals surface area contributed by atoms with Crippen LogP contribution < -0.4 is 10.9 Å². The van der Waals surface area contributed by atoms with E-state index in [0.717, 1.165) is 0 Å². The molecule has 3 heterocycles. The van der Waals surface area contributed by atoms with Crippen LogP contribution in [0.3, 0.4) is 0 Å². The molecule has 0 unspecified atom stereocenters. The predicted octanol–water partition coefficient (Wildman–Crippen LogP) is 3.38. The number of nitrogens with zero attached hydrogens (tertiary/aromatic N) is 3. The van der Waals surface area contributed by atoms with Crippen LogP contribution in [0.2, 0.25) is 0 Å². The second-order valence-corrected chi connectivity index (χ2v) is 7.24. The maximum atomic E-state index is 14.6. The summed E-state index contributed by atoms with van der Waals surface area (Å²) in [7, 11) is 0. The van der Waals surface area contributed by atoms with Crippen molar-refractivity contribution in [1.82, 2.24) is 19.7 Å². The monoisotopic (exact) mass is 450 g/mol. The van der Waals surface area contributed by atoms with E-state index in [9.17, 15) is 14.0 Å².